The van der Waals surface area contributed by atoms with Gasteiger partial charge in [0.2, 0.25) is 0 Å². The maximum Gasteiger partial charge on any atom is 0.0366 e. The summed E-state index contributed by atoms with van der Waals surface area (Å²) >= 11 is 0. The van der Waals surface area contributed by atoms with Crippen LogP contribution in [0.15, 0.2) is 12.1 Å². The maximum absolute atomic E-state index is 3.42. The van der Waals surface area contributed by atoms with Crippen molar-refractivity contribution in [1.29, 1.82) is 0 Å². The van der Waals surface area contributed by atoms with Gasteiger partial charge in [-0.05, 0) is 31.4 Å². The molecule has 1 aromatic heterocycles. The smallest absolute Gasteiger partial charge is 0.0366 e. The number of hydrogen-bond acceptors (Lipinski definition) is 1. The van der Waals surface area contributed by atoms with E-state index in [4.69, 9.17) is 0 Å². The molecule has 0 saturated heterocycles. The SMILES string of the molecule is Cc1ccc(C)n1NCC(C)(C)C. The Morgan fingerprint density at radius 3 is 2.00 bits per heavy atom. The quantitative estimate of drug-likeness (QED) is 0.740. The topological polar surface area (TPSA) is 17.0 Å². The first kappa shape index (κ1) is 10.2. The molecule has 2 nitrogen and oxygen atoms in total. The highest BCUT2D eigenvalue weighted by Gasteiger charge is 2.10. The van der Waals surface area contributed by atoms with Gasteiger partial charge >= 0.3 is 0 Å². The Morgan fingerprint density at radius 2 is 1.62 bits per heavy atom. The van der Waals surface area contributed by atoms with E-state index in [9.17, 15) is 0 Å². The molecular formula is C11H20N2. The minimum Gasteiger partial charge on any atom is -0.325 e. The second-order valence-electron chi connectivity index (χ2n) is 4.85. The Morgan fingerprint density at radius 1 is 1.15 bits per heavy atom. The Balaban J connectivity index is 2.64. The van der Waals surface area contributed by atoms with Crippen LogP contribution in [-0.4, -0.2) is 11.2 Å². The third-order valence-corrected chi connectivity index (χ3v) is 2.04. The first-order valence-corrected chi connectivity index (χ1v) is 4.79. The van der Waals surface area contributed by atoms with E-state index in [1.807, 2.05) is 0 Å². The average molecular weight is 180 g/mol. The van der Waals surface area contributed by atoms with Crippen LogP contribution in [0.2, 0.25) is 0 Å². The normalized spacial score (nSPS) is 11.8. The molecule has 0 amide bonds. The fourth-order valence-corrected chi connectivity index (χ4v) is 1.23. The molecule has 74 valence electrons. The van der Waals surface area contributed by atoms with Gasteiger partial charge in [0.15, 0.2) is 0 Å². The highest BCUT2D eigenvalue weighted by molar-refractivity contribution is 5.15. The van der Waals surface area contributed by atoms with E-state index in [0.29, 0.717) is 5.41 Å². The summed E-state index contributed by atoms with van der Waals surface area (Å²) in [5, 5.41) is 0. The predicted molar refractivity (Wildman–Crippen MR) is 57.6 cm³/mol. The third kappa shape index (κ3) is 2.79. The van der Waals surface area contributed by atoms with Crippen LogP contribution in [0.4, 0.5) is 0 Å². The summed E-state index contributed by atoms with van der Waals surface area (Å²) in [7, 11) is 0. The van der Waals surface area contributed by atoms with E-state index in [-0.39, 0.29) is 0 Å². The van der Waals surface area contributed by atoms with E-state index >= 15 is 0 Å². The highest BCUT2D eigenvalue weighted by atomic mass is 15.4. The maximum atomic E-state index is 3.42. The molecule has 1 rings (SSSR count). The summed E-state index contributed by atoms with van der Waals surface area (Å²) in [6.45, 7) is 11.9. The van der Waals surface area contributed by atoms with Gasteiger partial charge in [-0.25, -0.2) is 0 Å². The van der Waals surface area contributed by atoms with Gasteiger partial charge in [0.25, 0.3) is 0 Å². The van der Waals surface area contributed by atoms with E-state index in [2.05, 4.69) is 56.9 Å². The molecule has 0 spiro atoms. The van der Waals surface area contributed by atoms with Gasteiger partial charge in [0, 0.05) is 17.9 Å². The number of rotatable bonds is 2. The largest absolute Gasteiger partial charge is 0.325 e. The second kappa shape index (κ2) is 3.44. The van der Waals surface area contributed by atoms with Crippen molar-refractivity contribution in [3.8, 4) is 0 Å². The summed E-state index contributed by atoms with van der Waals surface area (Å²) < 4.78 is 2.14. The molecule has 0 atom stereocenters. The van der Waals surface area contributed by atoms with Crippen molar-refractivity contribution in [3.63, 3.8) is 0 Å². The van der Waals surface area contributed by atoms with Crippen LogP contribution in [0.5, 0.6) is 0 Å². The van der Waals surface area contributed by atoms with Crippen molar-refractivity contribution in [2.45, 2.75) is 34.6 Å². The van der Waals surface area contributed by atoms with Crippen molar-refractivity contribution < 1.29 is 0 Å². The molecule has 0 aromatic carbocycles. The van der Waals surface area contributed by atoms with Gasteiger partial charge in [-0.3, -0.25) is 4.68 Å². The predicted octanol–water partition coefficient (Wildman–Crippen LogP) is 2.69. The van der Waals surface area contributed by atoms with Crippen LogP contribution in [-0.2, 0) is 0 Å². The van der Waals surface area contributed by atoms with Crippen LogP contribution in [0.1, 0.15) is 32.2 Å². The van der Waals surface area contributed by atoms with Crippen molar-refractivity contribution in [2.75, 3.05) is 12.0 Å². The van der Waals surface area contributed by atoms with Crippen LogP contribution in [0.3, 0.4) is 0 Å². The molecule has 0 aliphatic carbocycles. The van der Waals surface area contributed by atoms with E-state index in [1.54, 1.807) is 0 Å². The zero-order chi connectivity index (χ0) is 10.1. The molecule has 0 fully saturated rings. The van der Waals surface area contributed by atoms with E-state index in [1.165, 1.54) is 11.4 Å². The van der Waals surface area contributed by atoms with E-state index < -0.39 is 0 Å². The number of nitrogens with one attached hydrogen (secondary N) is 1. The van der Waals surface area contributed by atoms with Gasteiger partial charge in [-0.1, -0.05) is 20.8 Å². The third-order valence-electron chi connectivity index (χ3n) is 2.04. The van der Waals surface area contributed by atoms with Gasteiger partial charge in [0.05, 0.1) is 0 Å². The van der Waals surface area contributed by atoms with Crippen molar-refractivity contribution in [1.82, 2.24) is 4.68 Å². The molecule has 2 heteroatoms. The van der Waals surface area contributed by atoms with Crippen LogP contribution in [0.25, 0.3) is 0 Å². The minimum atomic E-state index is 0.323. The van der Waals surface area contributed by atoms with Crippen molar-refractivity contribution in [2.24, 2.45) is 5.41 Å². The minimum absolute atomic E-state index is 0.323. The van der Waals surface area contributed by atoms with Crippen LogP contribution in [0, 0.1) is 19.3 Å². The van der Waals surface area contributed by atoms with Crippen molar-refractivity contribution in [3.05, 3.63) is 23.5 Å². The lowest BCUT2D eigenvalue weighted by atomic mass is 9.97. The summed E-state index contributed by atoms with van der Waals surface area (Å²) in [5.41, 5.74) is 6.27. The van der Waals surface area contributed by atoms with Gasteiger partial charge in [0.1, 0.15) is 0 Å². The Hall–Kier alpha value is -0.920. The van der Waals surface area contributed by atoms with E-state index in [0.717, 1.165) is 6.54 Å². The van der Waals surface area contributed by atoms with Crippen molar-refractivity contribution >= 4 is 0 Å². The van der Waals surface area contributed by atoms with Gasteiger partial charge in [-0.15, -0.1) is 0 Å². The molecule has 0 aliphatic rings. The number of aromatic nitrogens is 1. The molecule has 0 radical (unpaired) electrons. The molecule has 1 aromatic rings. The molecule has 0 bridgehead atoms. The van der Waals surface area contributed by atoms with Gasteiger partial charge in [-0.2, -0.15) is 0 Å². The zero-order valence-corrected chi connectivity index (χ0v) is 9.31. The molecule has 1 N–H and O–H groups in total. The standard InChI is InChI=1S/C11H20N2/c1-9-6-7-10(2)13(9)12-8-11(3,4)5/h6-7,12H,8H2,1-5H3. The lowest BCUT2D eigenvalue weighted by molar-refractivity contribution is 0.425. The Kier molecular flexibility index (Phi) is 2.69. The summed E-state index contributed by atoms with van der Waals surface area (Å²) in [6, 6.07) is 4.26. The molecular weight excluding hydrogens is 160 g/mol. The number of aryl methyl sites for hydroxylation is 2. The Labute approximate surface area is 80.9 Å². The highest BCUT2D eigenvalue weighted by Crippen LogP contribution is 2.12. The Bertz CT molecular complexity index is 259. The molecule has 0 unspecified atom stereocenters. The van der Waals surface area contributed by atoms with Crippen LogP contribution < -0.4 is 5.43 Å². The summed E-state index contributed by atoms with van der Waals surface area (Å²) in [4.78, 5) is 0. The first-order valence-electron chi connectivity index (χ1n) is 4.79. The van der Waals surface area contributed by atoms with Crippen LogP contribution >= 0.6 is 0 Å². The summed E-state index contributed by atoms with van der Waals surface area (Å²) in [5.74, 6) is 0. The lowest BCUT2D eigenvalue weighted by Gasteiger charge is -2.22. The van der Waals surface area contributed by atoms with Gasteiger partial charge < -0.3 is 5.43 Å². The fourth-order valence-electron chi connectivity index (χ4n) is 1.23. The lowest BCUT2D eigenvalue weighted by Crippen LogP contribution is -2.27. The molecule has 1 heterocycles. The average Bonchev–Trinajstić information content (AvgIpc) is 2.27. The monoisotopic (exact) mass is 180 g/mol. The molecule has 13 heavy (non-hydrogen) atoms. The summed E-state index contributed by atoms with van der Waals surface area (Å²) in [6.07, 6.45) is 0. The number of hydrogen-bond donors (Lipinski definition) is 1. The fraction of sp³-hybridized carbons (Fsp3) is 0.636. The first-order chi connectivity index (χ1) is 5.90. The second-order valence-corrected chi connectivity index (χ2v) is 4.85. The molecule has 0 saturated carbocycles. The zero-order valence-electron chi connectivity index (χ0n) is 9.31. The molecule has 0 aliphatic heterocycles. The number of nitrogens with zero attached hydrogens (tertiary/aromatic N) is 1.